The van der Waals surface area contributed by atoms with E-state index in [4.69, 9.17) is 0 Å². The van der Waals surface area contributed by atoms with Crippen molar-refractivity contribution in [1.82, 2.24) is 20.1 Å². The summed E-state index contributed by atoms with van der Waals surface area (Å²) < 4.78 is 0. The van der Waals surface area contributed by atoms with Crippen molar-refractivity contribution in [2.24, 2.45) is 0 Å². The van der Waals surface area contributed by atoms with Crippen LogP contribution in [0, 0.1) is 0 Å². The van der Waals surface area contributed by atoms with Gasteiger partial charge in [0.25, 0.3) is 11.8 Å². The van der Waals surface area contributed by atoms with Gasteiger partial charge in [0.2, 0.25) is 0 Å². The maximum atomic E-state index is 12.5. The Kier molecular flexibility index (Phi) is 5.89. The standard InChI is InChI=1S/C16H24N4O2/c1-3-8-17-15(21)13-6-5-7-14(18-13)16(22)20-11-9-19(4-2)10-12-20/h5-7H,3-4,8-12H2,1-2H3,(H,17,21). The van der Waals surface area contributed by atoms with Crippen LogP contribution in [0.2, 0.25) is 0 Å². The molecule has 2 amide bonds. The highest BCUT2D eigenvalue weighted by atomic mass is 16.2. The van der Waals surface area contributed by atoms with Crippen LogP contribution in [-0.2, 0) is 0 Å². The van der Waals surface area contributed by atoms with Gasteiger partial charge in [0, 0.05) is 32.7 Å². The van der Waals surface area contributed by atoms with E-state index in [0.717, 1.165) is 26.1 Å². The molecule has 0 aliphatic carbocycles. The maximum absolute atomic E-state index is 12.5. The molecule has 1 aromatic rings. The number of aromatic nitrogens is 1. The van der Waals surface area contributed by atoms with E-state index < -0.39 is 0 Å². The third-order valence-corrected chi connectivity index (χ3v) is 3.84. The molecule has 120 valence electrons. The number of likely N-dealkylation sites (N-methyl/N-ethyl adjacent to an activating group) is 1. The fourth-order valence-corrected chi connectivity index (χ4v) is 2.44. The van der Waals surface area contributed by atoms with Crippen LogP contribution in [0.15, 0.2) is 18.2 Å². The van der Waals surface area contributed by atoms with Gasteiger partial charge in [-0.05, 0) is 25.1 Å². The van der Waals surface area contributed by atoms with E-state index in [1.54, 1.807) is 18.2 Å². The van der Waals surface area contributed by atoms with Crippen molar-refractivity contribution in [3.63, 3.8) is 0 Å². The van der Waals surface area contributed by atoms with Crippen LogP contribution in [-0.4, -0.2) is 65.9 Å². The Morgan fingerprint density at radius 2 is 1.82 bits per heavy atom. The predicted octanol–water partition coefficient (Wildman–Crippen LogP) is 0.999. The molecule has 1 fully saturated rings. The first-order valence-electron chi connectivity index (χ1n) is 7.92. The van der Waals surface area contributed by atoms with Gasteiger partial charge in [-0.25, -0.2) is 4.98 Å². The lowest BCUT2D eigenvalue weighted by Gasteiger charge is -2.33. The SMILES string of the molecule is CCCNC(=O)c1cccc(C(=O)N2CCN(CC)CC2)n1. The summed E-state index contributed by atoms with van der Waals surface area (Å²) in [5.74, 6) is -0.326. The molecule has 1 aromatic heterocycles. The molecule has 1 aliphatic heterocycles. The first-order valence-corrected chi connectivity index (χ1v) is 7.92. The lowest BCUT2D eigenvalue weighted by atomic mass is 10.2. The summed E-state index contributed by atoms with van der Waals surface area (Å²) in [4.78, 5) is 32.8. The number of rotatable bonds is 5. The second kappa shape index (κ2) is 7.89. The quantitative estimate of drug-likeness (QED) is 0.881. The molecule has 0 spiro atoms. The largest absolute Gasteiger partial charge is 0.351 e. The normalized spacial score (nSPS) is 15.6. The Bertz CT molecular complexity index is 525. The highest BCUT2D eigenvalue weighted by Gasteiger charge is 2.22. The summed E-state index contributed by atoms with van der Waals surface area (Å²) in [5.41, 5.74) is 0.639. The highest BCUT2D eigenvalue weighted by Crippen LogP contribution is 2.08. The first kappa shape index (κ1) is 16.4. The number of pyridine rings is 1. The monoisotopic (exact) mass is 304 g/mol. The summed E-state index contributed by atoms with van der Waals surface area (Å²) in [6.07, 6.45) is 0.867. The Morgan fingerprint density at radius 1 is 1.14 bits per heavy atom. The molecule has 6 nitrogen and oxygen atoms in total. The smallest absolute Gasteiger partial charge is 0.272 e. The molecule has 1 N–H and O–H groups in total. The third kappa shape index (κ3) is 4.04. The maximum Gasteiger partial charge on any atom is 0.272 e. The van der Waals surface area contributed by atoms with Crippen LogP contribution in [0.4, 0.5) is 0 Å². The minimum Gasteiger partial charge on any atom is -0.351 e. The van der Waals surface area contributed by atoms with Crippen molar-refractivity contribution < 1.29 is 9.59 Å². The summed E-state index contributed by atoms with van der Waals surface area (Å²) in [6.45, 7) is 8.92. The molecule has 0 radical (unpaired) electrons. The second-order valence-electron chi connectivity index (χ2n) is 5.39. The zero-order chi connectivity index (χ0) is 15.9. The van der Waals surface area contributed by atoms with E-state index >= 15 is 0 Å². The fraction of sp³-hybridized carbons (Fsp3) is 0.562. The molecule has 2 heterocycles. The van der Waals surface area contributed by atoms with Gasteiger partial charge >= 0.3 is 0 Å². The minimum absolute atomic E-state index is 0.0964. The first-order chi connectivity index (χ1) is 10.7. The van der Waals surface area contributed by atoms with Crippen molar-refractivity contribution in [3.05, 3.63) is 29.6 Å². The van der Waals surface area contributed by atoms with Crippen LogP contribution < -0.4 is 5.32 Å². The lowest BCUT2D eigenvalue weighted by molar-refractivity contribution is 0.0637. The number of amides is 2. The van der Waals surface area contributed by atoms with Crippen LogP contribution >= 0.6 is 0 Å². The molecule has 2 rings (SSSR count). The van der Waals surface area contributed by atoms with Gasteiger partial charge in [-0.1, -0.05) is 19.9 Å². The van der Waals surface area contributed by atoms with E-state index in [-0.39, 0.29) is 11.8 Å². The van der Waals surface area contributed by atoms with Gasteiger partial charge in [-0.15, -0.1) is 0 Å². The third-order valence-electron chi connectivity index (χ3n) is 3.84. The molecule has 0 bridgehead atoms. The summed E-state index contributed by atoms with van der Waals surface area (Å²) in [7, 11) is 0. The van der Waals surface area contributed by atoms with Gasteiger partial charge in [-0.2, -0.15) is 0 Å². The molecule has 0 atom stereocenters. The zero-order valence-corrected chi connectivity index (χ0v) is 13.3. The van der Waals surface area contributed by atoms with Gasteiger partial charge in [0.05, 0.1) is 0 Å². The number of nitrogens with one attached hydrogen (secondary N) is 1. The van der Waals surface area contributed by atoms with Gasteiger partial charge < -0.3 is 15.1 Å². The van der Waals surface area contributed by atoms with Crippen molar-refractivity contribution in [3.8, 4) is 0 Å². The fourth-order valence-electron chi connectivity index (χ4n) is 2.44. The Hall–Kier alpha value is -1.95. The Morgan fingerprint density at radius 3 is 2.45 bits per heavy atom. The molecule has 0 saturated carbocycles. The number of carbonyl (C=O) groups is 2. The van der Waals surface area contributed by atoms with Crippen LogP contribution in [0.5, 0.6) is 0 Å². The lowest BCUT2D eigenvalue weighted by Crippen LogP contribution is -2.48. The number of nitrogens with zero attached hydrogens (tertiary/aromatic N) is 3. The molecular weight excluding hydrogens is 280 g/mol. The Labute approximate surface area is 131 Å². The second-order valence-corrected chi connectivity index (χ2v) is 5.39. The molecule has 1 saturated heterocycles. The number of hydrogen-bond donors (Lipinski definition) is 1. The number of hydrogen-bond acceptors (Lipinski definition) is 4. The van der Waals surface area contributed by atoms with Gasteiger partial charge in [0.15, 0.2) is 0 Å². The summed E-state index contributed by atoms with van der Waals surface area (Å²) in [6, 6.07) is 5.02. The molecule has 1 aliphatic rings. The van der Waals surface area contributed by atoms with Crippen molar-refractivity contribution >= 4 is 11.8 Å². The van der Waals surface area contributed by atoms with Crippen LogP contribution in [0.25, 0.3) is 0 Å². The van der Waals surface area contributed by atoms with Gasteiger partial charge in [-0.3, -0.25) is 9.59 Å². The summed E-state index contributed by atoms with van der Waals surface area (Å²) >= 11 is 0. The van der Waals surface area contributed by atoms with Gasteiger partial charge in [0.1, 0.15) is 11.4 Å². The average Bonchev–Trinajstić information content (AvgIpc) is 2.59. The topological polar surface area (TPSA) is 65.5 Å². The highest BCUT2D eigenvalue weighted by molar-refractivity contribution is 5.96. The minimum atomic E-state index is -0.229. The molecule has 0 unspecified atom stereocenters. The molecule has 22 heavy (non-hydrogen) atoms. The zero-order valence-electron chi connectivity index (χ0n) is 13.3. The van der Waals surface area contributed by atoms with Crippen molar-refractivity contribution in [1.29, 1.82) is 0 Å². The van der Waals surface area contributed by atoms with E-state index in [9.17, 15) is 9.59 Å². The van der Waals surface area contributed by atoms with E-state index in [2.05, 4.69) is 22.1 Å². The Balaban J connectivity index is 2.03. The van der Waals surface area contributed by atoms with Crippen molar-refractivity contribution in [2.75, 3.05) is 39.3 Å². The van der Waals surface area contributed by atoms with E-state index in [0.29, 0.717) is 31.0 Å². The van der Waals surface area contributed by atoms with E-state index in [1.165, 1.54) is 0 Å². The van der Waals surface area contributed by atoms with E-state index in [1.807, 2.05) is 11.8 Å². The molecular formula is C16H24N4O2. The number of piperazine rings is 1. The van der Waals surface area contributed by atoms with Crippen LogP contribution in [0.1, 0.15) is 41.2 Å². The van der Waals surface area contributed by atoms with Crippen LogP contribution in [0.3, 0.4) is 0 Å². The summed E-state index contributed by atoms with van der Waals surface area (Å²) in [5, 5.41) is 2.77. The van der Waals surface area contributed by atoms with Crippen molar-refractivity contribution in [2.45, 2.75) is 20.3 Å². The average molecular weight is 304 g/mol. The predicted molar refractivity (Wildman–Crippen MR) is 84.9 cm³/mol. The molecule has 6 heteroatoms. The molecule has 0 aromatic carbocycles. The number of carbonyl (C=O) groups excluding carboxylic acids is 2.